The second-order valence-electron chi connectivity index (χ2n) is 6.29. The van der Waals surface area contributed by atoms with Gasteiger partial charge in [0.25, 0.3) is 0 Å². The summed E-state index contributed by atoms with van der Waals surface area (Å²) in [5.41, 5.74) is 6.19. The van der Waals surface area contributed by atoms with Crippen molar-refractivity contribution in [1.29, 1.82) is 0 Å². The SMILES string of the molecule is COc1cccc(CCNC(=O)C(N)CC(=O)OC(C)(C)C)c1. The fraction of sp³-hybridized carbons (Fsp3) is 0.529. The van der Waals surface area contributed by atoms with Crippen LogP contribution in [0.5, 0.6) is 5.75 Å². The van der Waals surface area contributed by atoms with Gasteiger partial charge in [-0.1, -0.05) is 12.1 Å². The highest BCUT2D eigenvalue weighted by Gasteiger charge is 2.22. The van der Waals surface area contributed by atoms with Gasteiger partial charge in [-0.2, -0.15) is 0 Å². The molecule has 1 aromatic carbocycles. The number of benzene rings is 1. The number of nitrogens with two attached hydrogens (primary N) is 1. The Bertz CT molecular complexity index is 538. The van der Waals surface area contributed by atoms with Crippen molar-refractivity contribution in [1.82, 2.24) is 5.32 Å². The molecule has 0 saturated heterocycles. The van der Waals surface area contributed by atoms with Crippen molar-refractivity contribution in [3.05, 3.63) is 29.8 Å². The van der Waals surface area contributed by atoms with E-state index < -0.39 is 17.6 Å². The van der Waals surface area contributed by atoms with Crippen LogP contribution in [0.4, 0.5) is 0 Å². The van der Waals surface area contributed by atoms with E-state index in [9.17, 15) is 9.59 Å². The van der Waals surface area contributed by atoms with E-state index in [2.05, 4.69) is 5.32 Å². The maximum atomic E-state index is 11.9. The van der Waals surface area contributed by atoms with Gasteiger partial charge in [0.05, 0.1) is 19.6 Å². The number of carbonyl (C=O) groups excluding carboxylic acids is 2. The molecule has 1 aromatic rings. The van der Waals surface area contributed by atoms with Crippen LogP contribution in [0, 0.1) is 0 Å². The smallest absolute Gasteiger partial charge is 0.308 e. The number of rotatable bonds is 7. The molecule has 0 heterocycles. The van der Waals surface area contributed by atoms with Gasteiger partial charge in [-0.25, -0.2) is 0 Å². The molecule has 1 rings (SSSR count). The fourth-order valence-electron chi connectivity index (χ4n) is 1.94. The maximum Gasteiger partial charge on any atom is 0.308 e. The summed E-state index contributed by atoms with van der Waals surface area (Å²) >= 11 is 0. The quantitative estimate of drug-likeness (QED) is 0.741. The Morgan fingerprint density at radius 1 is 1.30 bits per heavy atom. The molecule has 6 nitrogen and oxygen atoms in total. The lowest BCUT2D eigenvalue weighted by Gasteiger charge is -2.20. The van der Waals surface area contributed by atoms with Crippen molar-refractivity contribution >= 4 is 11.9 Å². The highest BCUT2D eigenvalue weighted by Crippen LogP contribution is 2.12. The van der Waals surface area contributed by atoms with Crippen molar-refractivity contribution in [3.63, 3.8) is 0 Å². The summed E-state index contributed by atoms with van der Waals surface area (Å²) in [4.78, 5) is 23.5. The Hall–Kier alpha value is -2.08. The van der Waals surface area contributed by atoms with Crippen LogP contribution < -0.4 is 15.8 Å². The molecule has 3 N–H and O–H groups in total. The number of methoxy groups -OCH3 is 1. The third-order valence-corrected chi connectivity index (χ3v) is 2.99. The number of carbonyl (C=O) groups is 2. The zero-order chi connectivity index (χ0) is 17.5. The van der Waals surface area contributed by atoms with E-state index in [1.807, 2.05) is 24.3 Å². The van der Waals surface area contributed by atoms with E-state index in [0.29, 0.717) is 13.0 Å². The third-order valence-electron chi connectivity index (χ3n) is 2.99. The van der Waals surface area contributed by atoms with Gasteiger partial charge in [0, 0.05) is 6.54 Å². The lowest BCUT2D eigenvalue weighted by Crippen LogP contribution is -2.43. The zero-order valence-electron chi connectivity index (χ0n) is 14.2. The van der Waals surface area contributed by atoms with E-state index in [1.54, 1.807) is 27.9 Å². The molecule has 23 heavy (non-hydrogen) atoms. The predicted octanol–water partition coefficient (Wildman–Crippen LogP) is 1.41. The number of ether oxygens (including phenoxy) is 2. The summed E-state index contributed by atoms with van der Waals surface area (Å²) in [5.74, 6) is -0.0674. The van der Waals surface area contributed by atoms with Crippen LogP contribution in [0.3, 0.4) is 0 Å². The molecule has 0 bridgehead atoms. The van der Waals surface area contributed by atoms with Crippen LogP contribution in [0.2, 0.25) is 0 Å². The molecule has 1 amide bonds. The number of esters is 1. The first kappa shape index (κ1) is 19.0. The van der Waals surface area contributed by atoms with E-state index in [-0.39, 0.29) is 12.3 Å². The van der Waals surface area contributed by atoms with E-state index in [0.717, 1.165) is 11.3 Å². The van der Waals surface area contributed by atoms with Crippen molar-refractivity contribution in [3.8, 4) is 5.75 Å². The molecular formula is C17H26N2O4. The summed E-state index contributed by atoms with van der Waals surface area (Å²) in [6.07, 6.45) is 0.518. The predicted molar refractivity (Wildman–Crippen MR) is 88.1 cm³/mol. The molecule has 1 unspecified atom stereocenters. The molecule has 0 aliphatic heterocycles. The molecule has 0 fully saturated rings. The third kappa shape index (κ3) is 7.65. The Morgan fingerprint density at radius 3 is 2.61 bits per heavy atom. The van der Waals surface area contributed by atoms with Gasteiger partial charge in [0.1, 0.15) is 11.4 Å². The molecule has 6 heteroatoms. The summed E-state index contributed by atoms with van der Waals surface area (Å²) in [6.45, 7) is 5.74. The van der Waals surface area contributed by atoms with Crippen molar-refractivity contribution in [2.24, 2.45) is 5.73 Å². The minimum absolute atomic E-state index is 0.137. The molecule has 128 valence electrons. The summed E-state index contributed by atoms with van der Waals surface area (Å²) in [6, 6.07) is 6.71. The summed E-state index contributed by atoms with van der Waals surface area (Å²) in [7, 11) is 1.61. The van der Waals surface area contributed by atoms with Crippen LogP contribution in [-0.2, 0) is 20.7 Å². The van der Waals surface area contributed by atoms with Gasteiger partial charge in [-0.05, 0) is 44.9 Å². The average Bonchev–Trinajstić information content (AvgIpc) is 2.45. The van der Waals surface area contributed by atoms with Gasteiger partial charge < -0.3 is 20.5 Å². The maximum absolute atomic E-state index is 11.9. The Balaban J connectivity index is 2.36. The molecule has 0 aliphatic carbocycles. The van der Waals surface area contributed by atoms with Gasteiger partial charge in [-0.15, -0.1) is 0 Å². The Labute approximate surface area is 137 Å². The molecule has 0 spiro atoms. The molecule has 0 aromatic heterocycles. The van der Waals surface area contributed by atoms with Crippen LogP contribution in [0.1, 0.15) is 32.8 Å². The van der Waals surface area contributed by atoms with E-state index in [1.165, 1.54) is 0 Å². The fourth-order valence-corrected chi connectivity index (χ4v) is 1.94. The average molecular weight is 322 g/mol. The first-order chi connectivity index (χ1) is 10.7. The monoisotopic (exact) mass is 322 g/mol. The number of amides is 1. The lowest BCUT2D eigenvalue weighted by atomic mass is 10.1. The normalized spacial score (nSPS) is 12.4. The lowest BCUT2D eigenvalue weighted by molar-refractivity contribution is -0.156. The van der Waals surface area contributed by atoms with Crippen LogP contribution >= 0.6 is 0 Å². The number of hydrogen-bond acceptors (Lipinski definition) is 5. The largest absolute Gasteiger partial charge is 0.497 e. The van der Waals surface area contributed by atoms with Gasteiger partial charge >= 0.3 is 5.97 Å². The second-order valence-corrected chi connectivity index (χ2v) is 6.29. The highest BCUT2D eigenvalue weighted by atomic mass is 16.6. The molecule has 0 saturated carbocycles. The van der Waals surface area contributed by atoms with Gasteiger partial charge in [-0.3, -0.25) is 9.59 Å². The van der Waals surface area contributed by atoms with Gasteiger partial charge in [0.2, 0.25) is 5.91 Å². The van der Waals surface area contributed by atoms with Crippen molar-refractivity contribution < 1.29 is 19.1 Å². The summed E-state index contributed by atoms with van der Waals surface area (Å²) < 4.78 is 10.3. The minimum Gasteiger partial charge on any atom is -0.497 e. The standard InChI is InChI=1S/C17H26N2O4/c1-17(2,3)23-15(20)11-14(18)16(21)19-9-8-12-6-5-7-13(10-12)22-4/h5-7,10,14H,8-9,11,18H2,1-4H3,(H,19,21). The van der Waals surface area contributed by atoms with Crippen LogP contribution in [0.25, 0.3) is 0 Å². The second kappa shape index (κ2) is 8.53. The Kier molecular flexibility index (Phi) is 7.03. The summed E-state index contributed by atoms with van der Waals surface area (Å²) in [5, 5.41) is 2.72. The van der Waals surface area contributed by atoms with Gasteiger partial charge in [0.15, 0.2) is 0 Å². The topological polar surface area (TPSA) is 90.6 Å². The zero-order valence-corrected chi connectivity index (χ0v) is 14.2. The van der Waals surface area contributed by atoms with Crippen molar-refractivity contribution in [2.75, 3.05) is 13.7 Å². The van der Waals surface area contributed by atoms with Crippen molar-refractivity contribution in [2.45, 2.75) is 45.3 Å². The van der Waals surface area contributed by atoms with E-state index in [4.69, 9.17) is 15.2 Å². The Morgan fingerprint density at radius 2 is 2.00 bits per heavy atom. The number of nitrogens with one attached hydrogen (secondary N) is 1. The van der Waals surface area contributed by atoms with Crippen LogP contribution in [-0.4, -0.2) is 37.2 Å². The first-order valence-corrected chi connectivity index (χ1v) is 7.59. The molecular weight excluding hydrogens is 296 g/mol. The van der Waals surface area contributed by atoms with E-state index >= 15 is 0 Å². The number of hydrogen-bond donors (Lipinski definition) is 2. The highest BCUT2D eigenvalue weighted by molar-refractivity contribution is 5.86. The first-order valence-electron chi connectivity index (χ1n) is 7.59. The molecule has 1 atom stereocenters. The molecule has 0 aliphatic rings. The molecule has 0 radical (unpaired) electrons. The van der Waals surface area contributed by atoms with Crippen LogP contribution in [0.15, 0.2) is 24.3 Å². The minimum atomic E-state index is -0.907.